The van der Waals surface area contributed by atoms with Crippen molar-refractivity contribution < 1.29 is 8.42 Å². The first-order valence-corrected chi connectivity index (χ1v) is 4.09. The van der Waals surface area contributed by atoms with Crippen LogP contribution in [0, 0.1) is 0 Å². The Morgan fingerprint density at radius 2 is 2.00 bits per heavy atom. The van der Waals surface area contributed by atoms with Gasteiger partial charge in [-0.1, -0.05) is 6.07 Å². The second kappa shape index (κ2) is 3.61. The van der Waals surface area contributed by atoms with E-state index in [9.17, 15) is 8.42 Å². The molecule has 11 heavy (non-hydrogen) atoms. The Morgan fingerprint density at radius 3 is 2.27 bits per heavy atom. The maximum atomic E-state index is 10.5. The number of hydrogen-bond donors (Lipinski definition) is 1. The van der Waals surface area contributed by atoms with Gasteiger partial charge in [-0.2, -0.15) is 0 Å². The zero-order valence-electron chi connectivity index (χ0n) is 5.06. The zero-order chi connectivity index (χ0) is 7.61. The molecule has 2 N–H and O–H groups in total. The van der Waals surface area contributed by atoms with Gasteiger partial charge in [0.2, 0.25) is 0 Å². The molecule has 0 amide bonds. The highest BCUT2D eigenvalue weighted by molar-refractivity contribution is 7.89. The molecule has 6 heteroatoms. The van der Waals surface area contributed by atoms with Crippen molar-refractivity contribution in [2.45, 2.75) is 5.03 Å². The average molecular weight is 190 g/mol. The molecule has 62 valence electrons. The fourth-order valence-electron chi connectivity index (χ4n) is 0.515. The molecule has 0 fully saturated rings. The zero-order valence-corrected chi connectivity index (χ0v) is 5.88. The van der Waals surface area contributed by atoms with Crippen LogP contribution >= 0.6 is 0 Å². The van der Waals surface area contributed by atoms with Crippen molar-refractivity contribution in [3.05, 3.63) is 24.4 Å². The van der Waals surface area contributed by atoms with E-state index in [0.29, 0.717) is 0 Å². The molecule has 0 saturated carbocycles. The van der Waals surface area contributed by atoms with Gasteiger partial charge in [0.25, 0.3) is 10.0 Å². The summed E-state index contributed by atoms with van der Waals surface area (Å²) in [5.74, 6) is 0. The minimum Gasteiger partial charge on any atom is -0.243 e. The number of hydrogen-bond acceptors (Lipinski definition) is 3. The molecule has 4 nitrogen and oxygen atoms in total. The molecule has 0 atom stereocenters. The molecule has 1 heterocycles. The highest BCUT2D eigenvalue weighted by atomic mass is 32.2. The Balaban J connectivity index is 0.000001000. The summed E-state index contributed by atoms with van der Waals surface area (Å²) >= 11 is 0. The number of pyridine rings is 1. The second-order valence-electron chi connectivity index (χ2n) is 1.71. The van der Waals surface area contributed by atoms with Gasteiger partial charge in [-0.05, 0) is 23.1 Å². The number of sulfonamides is 1. The molecular weight excluding hydrogens is 180 g/mol. The van der Waals surface area contributed by atoms with Gasteiger partial charge in [0.1, 0.15) is 0 Å². The summed E-state index contributed by atoms with van der Waals surface area (Å²) in [7, 11) is -3.61. The van der Waals surface area contributed by atoms with Crippen LogP contribution in [0.25, 0.3) is 0 Å². The van der Waals surface area contributed by atoms with Crippen LogP contribution in [0.3, 0.4) is 0 Å². The number of nitrogens with zero attached hydrogens (tertiary/aromatic N) is 1. The Bertz CT molecular complexity index is 311. The van der Waals surface area contributed by atoms with Gasteiger partial charge in [0, 0.05) is 6.20 Å². The summed E-state index contributed by atoms with van der Waals surface area (Å²) in [5, 5.41) is 4.66. The minimum absolute atomic E-state index is 0. The lowest BCUT2D eigenvalue weighted by atomic mass is 10.5. The van der Waals surface area contributed by atoms with Gasteiger partial charge in [-0.15, -0.1) is 0 Å². The van der Waals surface area contributed by atoms with E-state index in [1.165, 1.54) is 12.3 Å². The minimum atomic E-state index is -3.61. The lowest BCUT2D eigenvalue weighted by Gasteiger charge is -1.92. The Labute approximate surface area is 69.5 Å². The number of rotatable bonds is 1. The average Bonchev–Trinajstić information content (AvgIpc) is 1.88. The molecule has 1 aromatic rings. The molecule has 1 aromatic heterocycles. The van der Waals surface area contributed by atoms with Crippen LogP contribution in [-0.2, 0) is 10.0 Å². The van der Waals surface area contributed by atoms with E-state index >= 15 is 0 Å². The molecule has 0 aliphatic heterocycles. The Morgan fingerprint density at radius 1 is 1.36 bits per heavy atom. The largest absolute Gasteiger partial charge is 0.255 e. The summed E-state index contributed by atoms with van der Waals surface area (Å²) in [6.45, 7) is 0. The van der Waals surface area contributed by atoms with Crippen molar-refractivity contribution in [2.75, 3.05) is 0 Å². The first kappa shape index (κ1) is 10.3. The smallest absolute Gasteiger partial charge is 0.243 e. The topological polar surface area (TPSA) is 73.1 Å². The predicted molar refractivity (Wildman–Crippen MR) is 46.9 cm³/mol. The quantitative estimate of drug-likeness (QED) is 0.535. The van der Waals surface area contributed by atoms with E-state index in [-0.39, 0.29) is 16.0 Å². The predicted octanol–water partition coefficient (Wildman–Crippen LogP) is -1.72. The first-order chi connectivity index (χ1) is 4.61. The third kappa shape index (κ3) is 2.79. The summed E-state index contributed by atoms with van der Waals surface area (Å²) in [6, 6.07) is 4.52. The SMILES string of the molecule is NS(=O)(=O)c1ccccn1.[SiH4]. The molecule has 0 spiro atoms. The third-order valence-electron chi connectivity index (χ3n) is 0.929. The summed E-state index contributed by atoms with van der Waals surface area (Å²) in [4.78, 5) is 3.54. The van der Waals surface area contributed by atoms with Gasteiger partial charge in [-0.25, -0.2) is 18.5 Å². The normalized spacial score (nSPS) is 10.3. The van der Waals surface area contributed by atoms with Crippen molar-refractivity contribution in [2.24, 2.45) is 5.14 Å². The third-order valence-corrected chi connectivity index (χ3v) is 1.75. The van der Waals surface area contributed by atoms with Crippen LogP contribution in [0.1, 0.15) is 0 Å². The monoisotopic (exact) mass is 190 g/mol. The maximum Gasteiger partial charge on any atom is 0.255 e. The molecule has 0 bridgehead atoms. The van der Waals surface area contributed by atoms with E-state index in [1.807, 2.05) is 0 Å². The van der Waals surface area contributed by atoms with Gasteiger partial charge in [-0.3, -0.25) is 0 Å². The van der Waals surface area contributed by atoms with Crippen LogP contribution in [0.5, 0.6) is 0 Å². The summed E-state index contributed by atoms with van der Waals surface area (Å²) < 4.78 is 21.1. The van der Waals surface area contributed by atoms with E-state index < -0.39 is 10.0 Å². The van der Waals surface area contributed by atoms with Crippen molar-refractivity contribution in [3.8, 4) is 0 Å². The number of nitrogens with two attached hydrogens (primary N) is 1. The fraction of sp³-hybridized carbons (Fsp3) is 0. The molecule has 1 rings (SSSR count). The van der Waals surface area contributed by atoms with Gasteiger partial charge in [0.15, 0.2) is 5.03 Å². The van der Waals surface area contributed by atoms with E-state index in [2.05, 4.69) is 4.98 Å². The maximum absolute atomic E-state index is 10.5. The van der Waals surface area contributed by atoms with Gasteiger partial charge in [0.05, 0.1) is 0 Å². The summed E-state index contributed by atoms with van der Waals surface area (Å²) in [5.41, 5.74) is 0. The number of primary sulfonamides is 1. The lowest BCUT2D eigenvalue weighted by Crippen LogP contribution is -2.13. The van der Waals surface area contributed by atoms with E-state index in [0.717, 1.165) is 0 Å². The van der Waals surface area contributed by atoms with Crippen LogP contribution in [0.15, 0.2) is 29.4 Å². The van der Waals surface area contributed by atoms with Crippen LogP contribution in [0.4, 0.5) is 0 Å². The molecule has 0 aromatic carbocycles. The van der Waals surface area contributed by atoms with Gasteiger partial charge < -0.3 is 0 Å². The first-order valence-electron chi connectivity index (χ1n) is 2.54. The highest BCUT2D eigenvalue weighted by Crippen LogP contribution is 1.98. The fourth-order valence-corrected chi connectivity index (χ4v) is 0.991. The highest BCUT2D eigenvalue weighted by Gasteiger charge is 2.05. The molecule has 0 saturated heterocycles. The van der Waals surface area contributed by atoms with Crippen molar-refractivity contribution in [1.29, 1.82) is 0 Å². The molecule has 0 radical (unpaired) electrons. The lowest BCUT2D eigenvalue weighted by molar-refractivity contribution is 0.594. The Kier molecular flexibility index (Phi) is 3.37. The van der Waals surface area contributed by atoms with Crippen LogP contribution < -0.4 is 5.14 Å². The Hall–Kier alpha value is -0.723. The van der Waals surface area contributed by atoms with Crippen LogP contribution in [-0.4, -0.2) is 24.4 Å². The summed E-state index contributed by atoms with van der Waals surface area (Å²) in [6.07, 6.45) is 1.37. The molecular formula is C5H10N2O2SSi. The van der Waals surface area contributed by atoms with E-state index in [1.54, 1.807) is 12.1 Å². The molecule has 0 aliphatic carbocycles. The standard InChI is InChI=1S/C5H6N2O2S.H4Si/c6-10(8,9)5-3-1-2-4-7-5;/h1-4H,(H2,6,8,9);1H4. The van der Waals surface area contributed by atoms with Gasteiger partial charge >= 0.3 is 0 Å². The molecule has 0 unspecified atom stereocenters. The number of aromatic nitrogens is 1. The van der Waals surface area contributed by atoms with E-state index in [4.69, 9.17) is 5.14 Å². The molecule has 0 aliphatic rings. The van der Waals surface area contributed by atoms with Crippen molar-refractivity contribution in [1.82, 2.24) is 4.98 Å². The van der Waals surface area contributed by atoms with Crippen LogP contribution in [0.2, 0.25) is 0 Å². The second-order valence-corrected chi connectivity index (χ2v) is 3.22. The van der Waals surface area contributed by atoms with Crippen molar-refractivity contribution >= 4 is 21.0 Å². The van der Waals surface area contributed by atoms with Crippen molar-refractivity contribution in [3.63, 3.8) is 0 Å².